The maximum Gasteiger partial charge on any atom is 0.416 e. The van der Waals surface area contributed by atoms with Gasteiger partial charge in [0, 0.05) is 31.1 Å². The standard InChI is InChI=1S/C28H32F4N2O/c1-19-17-21(28(30,31)32)7-10-23(19)24-18-33-25(35)26(24)13-15-34(16-14-26)27(11-3-2-4-12-27)20-5-8-22(29)9-6-20/h5-10,17,24H,2-4,11-16,18H2,1H3,(H,33,35). The minimum Gasteiger partial charge on any atom is -0.355 e. The number of carbonyl (C=O) groups excluding carboxylic acids is 1. The first-order valence-corrected chi connectivity index (χ1v) is 12.6. The van der Waals surface area contributed by atoms with E-state index >= 15 is 0 Å². The summed E-state index contributed by atoms with van der Waals surface area (Å²) >= 11 is 0. The van der Waals surface area contributed by atoms with Gasteiger partial charge in [0.1, 0.15) is 5.82 Å². The van der Waals surface area contributed by atoms with Gasteiger partial charge in [-0.05, 0) is 73.6 Å². The van der Waals surface area contributed by atoms with Crippen LogP contribution >= 0.6 is 0 Å². The number of aryl methyl sites for hydroxylation is 1. The molecule has 5 rings (SSSR count). The lowest BCUT2D eigenvalue weighted by molar-refractivity contribution is -0.137. The zero-order chi connectivity index (χ0) is 24.8. The van der Waals surface area contributed by atoms with Crippen LogP contribution in [0.15, 0.2) is 42.5 Å². The molecule has 0 aromatic heterocycles. The van der Waals surface area contributed by atoms with Crippen molar-refractivity contribution in [1.82, 2.24) is 10.2 Å². The fraction of sp³-hybridized carbons (Fsp3) is 0.536. The zero-order valence-corrected chi connectivity index (χ0v) is 20.1. The maximum atomic E-state index is 13.7. The Kier molecular flexibility index (Phi) is 6.19. The number of alkyl halides is 3. The van der Waals surface area contributed by atoms with Crippen LogP contribution in [0.5, 0.6) is 0 Å². The number of nitrogens with zero attached hydrogens (tertiary/aromatic N) is 1. The number of nitrogens with one attached hydrogen (secondary N) is 1. The molecule has 1 saturated carbocycles. The molecule has 3 nitrogen and oxygen atoms in total. The number of piperidine rings is 1. The molecule has 0 bridgehead atoms. The van der Waals surface area contributed by atoms with Gasteiger partial charge in [0.25, 0.3) is 0 Å². The molecule has 3 fully saturated rings. The molecule has 1 aliphatic carbocycles. The Morgan fingerprint density at radius 2 is 1.60 bits per heavy atom. The molecule has 2 heterocycles. The van der Waals surface area contributed by atoms with Crippen LogP contribution < -0.4 is 5.32 Å². The molecule has 2 aromatic carbocycles. The largest absolute Gasteiger partial charge is 0.416 e. The molecule has 35 heavy (non-hydrogen) atoms. The lowest BCUT2D eigenvalue weighted by Crippen LogP contribution is -2.54. The van der Waals surface area contributed by atoms with Gasteiger partial charge in [-0.15, -0.1) is 0 Å². The summed E-state index contributed by atoms with van der Waals surface area (Å²) in [5.41, 5.74) is 1.13. The van der Waals surface area contributed by atoms with E-state index in [0.29, 0.717) is 24.9 Å². The third kappa shape index (κ3) is 4.15. The molecule has 1 amide bonds. The lowest BCUT2D eigenvalue weighted by atomic mass is 9.65. The summed E-state index contributed by atoms with van der Waals surface area (Å²) in [6, 6.07) is 10.8. The van der Waals surface area contributed by atoms with E-state index in [-0.39, 0.29) is 23.2 Å². The quantitative estimate of drug-likeness (QED) is 0.514. The fourth-order valence-corrected chi connectivity index (χ4v) is 6.97. The highest BCUT2D eigenvalue weighted by atomic mass is 19.4. The monoisotopic (exact) mass is 488 g/mol. The van der Waals surface area contributed by atoms with E-state index < -0.39 is 17.2 Å². The van der Waals surface area contributed by atoms with Crippen LogP contribution in [0.1, 0.15) is 73.1 Å². The Morgan fingerprint density at radius 3 is 2.20 bits per heavy atom. The molecule has 1 unspecified atom stereocenters. The second-order valence-electron chi connectivity index (χ2n) is 10.6. The van der Waals surface area contributed by atoms with Crippen LogP contribution in [0.3, 0.4) is 0 Å². The van der Waals surface area contributed by atoms with E-state index in [9.17, 15) is 22.4 Å². The first-order valence-electron chi connectivity index (χ1n) is 12.6. The van der Waals surface area contributed by atoms with Gasteiger partial charge in [0.05, 0.1) is 11.0 Å². The predicted octanol–water partition coefficient (Wildman–Crippen LogP) is 6.31. The summed E-state index contributed by atoms with van der Waals surface area (Å²) in [7, 11) is 0. The van der Waals surface area contributed by atoms with Gasteiger partial charge in [0.2, 0.25) is 5.91 Å². The van der Waals surface area contributed by atoms with Gasteiger partial charge in [-0.3, -0.25) is 9.69 Å². The van der Waals surface area contributed by atoms with Gasteiger partial charge in [0.15, 0.2) is 0 Å². The van der Waals surface area contributed by atoms with E-state index in [1.165, 1.54) is 24.6 Å². The summed E-state index contributed by atoms with van der Waals surface area (Å²) in [5, 5.41) is 3.02. The molecule has 1 atom stereocenters. The Morgan fingerprint density at radius 1 is 0.943 bits per heavy atom. The summed E-state index contributed by atoms with van der Waals surface area (Å²) in [6.07, 6.45) is 2.39. The number of carbonyl (C=O) groups is 1. The molecule has 2 aliphatic heterocycles. The number of hydrogen-bond donors (Lipinski definition) is 1. The Balaban J connectivity index is 1.42. The minimum atomic E-state index is -4.38. The van der Waals surface area contributed by atoms with Crippen molar-refractivity contribution in [2.24, 2.45) is 5.41 Å². The van der Waals surface area contributed by atoms with Gasteiger partial charge in [-0.2, -0.15) is 13.2 Å². The molecule has 2 saturated heterocycles. The zero-order valence-electron chi connectivity index (χ0n) is 20.1. The van der Waals surface area contributed by atoms with Crippen molar-refractivity contribution in [2.75, 3.05) is 19.6 Å². The Bertz CT molecular complexity index is 1080. The average Bonchev–Trinajstić information content (AvgIpc) is 3.15. The average molecular weight is 489 g/mol. The van der Waals surface area contributed by atoms with Crippen LogP contribution in [-0.4, -0.2) is 30.4 Å². The first-order chi connectivity index (χ1) is 16.7. The molecular formula is C28H32F4N2O. The summed E-state index contributed by atoms with van der Waals surface area (Å²) in [6.45, 7) is 3.64. The molecule has 2 aromatic rings. The fourth-order valence-electron chi connectivity index (χ4n) is 6.97. The lowest BCUT2D eigenvalue weighted by Gasteiger charge is -2.52. The van der Waals surface area contributed by atoms with Crippen molar-refractivity contribution < 1.29 is 22.4 Å². The van der Waals surface area contributed by atoms with Crippen molar-refractivity contribution in [3.8, 4) is 0 Å². The van der Waals surface area contributed by atoms with Gasteiger partial charge < -0.3 is 5.32 Å². The highest BCUT2D eigenvalue weighted by molar-refractivity contribution is 5.86. The van der Waals surface area contributed by atoms with Crippen LogP contribution in [0.2, 0.25) is 0 Å². The van der Waals surface area contributed by atoms with E-state index in [1.54, 1.807) is 13.0 Å². The van der Waals surface area contributed by atoms with E-state index in [2.05, 4.69) is 10.2 Å². The summed E-state index contributed by atoms with van der Waals surface area (Å²) < 4.78 is 53.3. The molecule has 188 valence electrons. The van der Waals surface area contributed by atoms with Crippen LogP contribution in [0, 0.1) is 18.2 Å². The number of benzene rings is 2. The molecule has 1 spiro atoms. The smallest absolute Gasteiger partial charge is 0.355 e. The van der Waals surface area contributed by atoms with Crippen molar-refractivity contribution in [3.63, 3.8) is 0 Å². The number of rotatable bonds is 3. The Labute approximate surface area is 203 Å². The number of likely N-dealkylation sites (tertiary alicyclic amines) is 1. The van der Waals surface area contributed by atoms with Crippen molar-refractivity contribution in [2.45, 2.75) is 69.5 Å². The normalized spacial score (nSPS) is 24.5. The second kappa shape index (κ2) is 8.91. The second-order valence-corrected chi connectivity index (χ2v) is 10.6. The van der Waals surface area contributed by atoms with Crippen molar-refractivity contribution in [3.05, 3.63) is 70.5 Å². The predicted molar refractivity (Wildman–Crippen MR) is 126 cm³/mol. The molecule has 0 radical (unpaired) electrons. The molecular weight excluding hydrogens is 456 g/mol. The van der Waals surface area contributed by atoms with Gasteiger partial charge >= 0.3 is 6.18 Å². The highest BCUT2D eigenvalue weighted by Gasteiger charge is 2.54. The molecule has 1 N–H and O–H groups in total. The third-order valence-corrected chi connectivity index (χ3v) is 8.88. The number of amides is 1. The van der Waals surface area contributed by atoms with Crippen molar-refractivity contribution in [1.29, 1.82) is 0 Å². The first kappa shape index (κ1) is 24.3. The van der Waals surface area contributed by atoms with Crippen LogP contribution in [0.4, 0.5) is 17.6 Å². The van der Waals surface area contributed by atoms with Gasteiger partial charge in [-0.25, -0.2) is 4.39 Å². The van der Waals surface area contributed by atoms with Crippen molar-refractivity contribution >= 4 is 5.91 Å². The van der Waals surface area contributed by atoms with E-state index in [0.717, 1.165) is 56.0 Å². The third-order valence-electron chi connectivity index (χ3n) is 8.88. The number of halogens is 4. The van der Waals surface area contributed by atoms with E-state index in [4.69, 9.17) is 0 Å². The Hall–Kier alpha value is -2.41. The topological polar surface area (TPSA) is 32.3 Å². The highest BCUT2D eigenvalue weighted by Crippen LogP contribution is 2.52. The minimum absolute atomic E-state index is 0.0147. The van der Waals surface area contributed by atoms with E-state index in [1.807, 2.05) is 12.1 Å². The molecule has 3 aliphatic rings. The molecule has 7 heteroatoms. The van der Waals surface area contributed by atoms with Gasteiger partial charge in [-0.1, -0.05) is 37.5 Å². The number of hydrogen-bond acceptors (Lipinski definition) is 2. The SMILES string of the molecule is Cc1cc(C(F)(F)F)ccc1C1CNC(=O)C12CCN(C1(c3ccc(F)cc3)CCCCC1)CC2. The summed E-state index contributed by atoms with van der Waals surface area (Å²) in [4.78, 5) is 15.7. The maximum absolute atomic E-state index is 13.7. The van der Waals surface area contributed by atoms with Crippen LogP contribution in [-0.2, 0) is 16.5 Å². The summed E-state index contributed by atoms with van der Waals surface area (Å²) in [5.74, 6) is -0.372. The van der Waals surface area contributed by atoms with Crippen LogP contribution in [0.25, 0.3) is 0 Å².